The third-order valence-corrected chi connectivity index (χ3v) is 2.25. The molecule has 0 saturated carbocycles. The van der Waals surface area contributed by atoms with Gasteiger partial charge in [-0.1, -0.05) is 6.92 Å². The molecule has 6 nitrogen and oxygen atoms in total. The Kier molecular flexibility index (Phi) is 4.07. The van der Waals surface area contributed by atoms with Crippen molar-refractivity contribution in [1.29, 1.82) is 0 Å². The topological polar surface area (TPSA) is 101 Å². The molecule has 0 aromatic heterocycles. The lowest BCUT2D eigenvalue weighted by atomic mass is 10.2. The molecule has 0 aliphatic carbocycles. The number of benzene rings is 1. The van der Waals surface area contributed by atoms with Crippen molar-refractivity contribution in [2.75, 3.05) is 17.6 Å². The van der Waals surface area contributed by atoms with Crippen molar-refractivity contribution in [3.05, 3.63) is 28.3 Å². The van der Waals surface area contributed by atoms with Gasteiger partial charge in [-0.2, -0.15) is 0 Å². The van der Waals surface area contributed by atoms with E-state index in [9.17, 15) is 15.2 Å². The van der Waals surface area contributed by atoms with E-state index < -0.39 is 11.0 Å². The fraction of sp³-hybridized carbons (Fsp3) is 0.400. The summed E-state index contributed by atoms with van der Waals surface area (Å²) in [4.78, 5) is 9.97. The lowest BCUT2D eigenvalue weighted by Gasteiger charge is -2.12. The van der Waals surface area contributed by atoms with Crippen LogP contribution in [0.1, 0.15) is 13.3 Å². The van der Waals surface area contributed by atoms with E-state index in [0.29, 0.717) is 24.3 Å². The van der Waals surface area contributed by atoms with Crippen LogP contribution in [0, 0.1) is 10.1 Å². The maximum atomic E-state index is 10.5. The second-order valence-electron chi connectivity index (χ2n) is 3.47. The Bertz CT molecular complexity index is 382. The van der Waals surface area contributed by atoms with Gasteiger partial charge in [-0.15, -0.1) is 0 Å². The molecule has 0 spiro atoms. The predicted molar refractivity (Wildman–Crippen MR) is 62.3 cm³/mol. The van der Waals surface area contributed by atoms with Gasteiger partial charge in [-0.25, -0.2) is 0 Å². The van der Waals surface area contributed by atoms with E-state index in [1.54, 1.807) is 0 Å². The molecule has 1 aromatic rings. The minimum Gasteiger partial charge on any atom is -0.397 e. The lowest BCUT2D eigenvalue weighted by Crippen LogP contribution is -2.18. The maximum absolute atomic E-state index is 10.5. The maximum Gasteiger partial charge on any atom is 0.271 e. The molecule has 0 amide bonds. The Balaban J connectivity index is 2.72. The molecular formula is C10H15N3O3. The smallest absolute Gasteiger partial charge is 0.271 e. The zero-order valence-electron chi connectivity index (χ0n) is 9.01. The van der Waals surface area contributed by atoms with Gasteiger partial charge in [0, 0.05) is 18.7 Å². The molecule has 0 saturated heterocycles. The molecule has 1 aromatic carbocycles. The number of nitrogens with one attached hydrogen (secondary N) is 1. The molecule has 6 heteroatoms. The molecule has 0 radical (unpaired) electrons. The second kappa shape index (κ2) is 5.32. The molecule has 1 rings (SSSR count). The summed E-state index contributed by atoms with van der Waals surface area (Å²) in [7, 11) is 0. The van der Waals surface area contributed by atoms with Gasteiger partial charge in [0.1, 0.15) is 0 Å². The van der Waals surface area contributed by atoms with Gasteiger partial charge in [-0.05, 0) is 12.5 Å². The zero-order valence-corrected chi connectivity index (χ0v) is 9.01. The Hall–Kier alpha value is -1.82. The summed E-state index contributed by atoms with van der Waals surface area (Å²) in [6.45, 7) is 2.24. The summed E-state index contributed by atoms with van der Waals surface area (Å²) >= 11 is 0. The van der Waals surface area contributed by atoms with E-state index in [1.165, 1.54) is 18.2 Å². The first-order chi connectivity index (χ1) is 7.54. The largest absolute Gasteiger partial charge is 0.397 e. The summed E-state index contributed by atoms with van der Waals surface area (Å²) in [6.07, 6.45) is 0.189. The summed E-state index contributed by atoms with van der Waals surface area (Å²) in [5, 5.41) is 22.7. The number of nitro groups is 1. The molecule has 0 aliphatic rings. The van der Waals surface area contributed by atoms with Gasteiger partial charge in [0.15, 0.2) is 0 Å². The number of nitrogens with two attached hydrogens (primary N) is 1. The third kappa shape index (κ3) is 3.09. The highest BCUT2D eigenvalue weighted by molar-refractivity contribution is 5.69. The van der Waals surface area contributed by atoms with Gasteiger partial charge in [0.05, 0.1) is 22.4 Å². The average Bonchev–Trinajstić information content (AvgIpc) is 2.26. The van der Waals surface area contributed by atoms with Crippen LogP contribution in [-0.4, -0.2) is 22.7 Å². The van der Waals surface area contributed by atoms with Crippen molar-refractivity contribution < 1.29 is 10.0 Å². The summed E-state index contributed by atoms with van der Waals surface area (Å²) in [5.74, 6) is 0. The molecule has 88 valence electrons. The van der Waals surface area contributed by atoms with Crippen LogP contribution in [0.4, 0.5) is 17.1 Å². The number of nitrogen functional groups attached to an aromatic ring is 1. The van der Waals surface area contributed by atoms with Crippen LogP contribution in [0.5, 0.6) is 0 Å². The van der Waals surface area contributed by atoms with Crippen LogP contribution in [0.15, 0.2) is 18.2 Å². The number of hydrogen-bond donors (Lipinski definition) is 3. The van der Waals surface area contributed by atoms with Gasteiger partial charge in [0.25, 0.3) is 5.69 Å². The minimum absolute atomic E-state index is 0.0425. The molecule has 1 atom stereocenters. The second-order valence-corrected chi connectivity index (χ2v) is 3.47. The van der Waals surface area contributed by atoms with Crippen LogP contribution in [0.25, 0.3) is 0 Å². The fourth-order valence-electron chi connectivity index (χ4n) is 1.20. The highest BCUT2D eigenvalue weighted by atomic mass is 16.6. The molecule has 4 N–H and O–H groups in total. The third-order valence-electron chi connectivity index (χ3n) is 2.25. The summed E-state index contributed by atoms with van der Waals surface area (Å²) < 4.78 is 0. The monoisotopic (exact) mass is 225 g/mol. The van der Waals surface area contributed by atoms with Crippen LogP contribution in [0.3, 0.4) is 0 Å². The number of anilines is 2. The van der Waals surface area contributed by atoms with E-state index in [0.717, 1.165) is 0 Å². The first-order valence-corrected chi connectivity index (χ1v) is 5.00. The van der Waals surface area contributed by atoms with E-state index in [2.05, 4.69) is 5.32 Å². The van der Waals surface area contributed by atoms with Crippen LogP contribution < -0.4 is 11.1 Å². The number of rotatable bonds is 5. The van der Waals surface area contributed by atoms with Crippen molar-refractivity contribution in [2.45, 2.75) is 19.4 Å². The number of nitro benzene ring substituents is 1. The van der Waals surface area contributed by atoms with Crippen molar-refractivity contribution in [3.8, 4) is 0 Å². The first kappa shape index (κ1) is 12.3. The molecule has 0 aliphatic heterocycles. The number of hydrogen-bond acceptors (Lipinski definition) is 5. The summed E-state index contributed by atoms with van der Waals surface area (Å²) in [6, 6.07) is 4.20. The van der Waals surface area contributed by atoms with E-state index in [4.69, 9.17) is 5.73 Å². The zero-order chi connectivity index (χ0) is 12.1. The van der Waals surface area contributed by atoms with E-state index >= 15 is 0 Å². The molecule has 0 heterocycles. The van der Waals surface area contributed by atoms with Gasteiger partial charge in [0.2, 0.25) is 0 Å². The van der Waals surface area contributed by atoms with Crippen LogP contribution >= 0.6 is 0 Å². The standard InChI is InChI=1S/C10H15N3O3/c1-2-8(14)6-12-10-4-3-7(13(15)16)5-9(10)11/h3-5,8,12,14H,2,6,11H2,1H3. The Morgan fingerprint density at radius 1 is 1.62 bits per heavy atom. The highest BCUT2D eigenvalue weighted by Crippen LogP contribution is 2.23. The van der Waals surface area contributed by atoms with Crippen molar-refractivity contribution in [2.24, 2.45) is 0 Å². The summed E-state index contributed by atoms with van der Waals surface area (Å²) in [5.41, 5.74) is 6.49. The molecule has 0 bridgehead atoms. The lowest BCUT2D eigenvalue weighted by molar-refractivity contribution is -0.384. The van der Waals surface area contributed by atoms with Crippen LogP contribution in [-0.2, 0) is 0 Å². The number of nitrogens with zero attached hydrogens (tertiary/aromatic N) is 1. The van der Waals surface area contributed by atoms with Gasteiger partial charge >= 0.3 is 0 Å². The van der Waals surface area contributed by atoms with Crippen molar-refractivity contribution >= 4 is 17.1 Å². The van der Waals surface area contributed by atoms with E-state index in [1.807, 2.05) is 6.92 Å². The minimum atomic E-state index is -0.499. The number of aliphatic hydroxyl groups excluding tert-OH is 1. The normalized spacial score (nSPS) is 12.1. The van der Waals surface area contributed by atoms with Gasteiger partial charge < -0.3 is 16.2 Å². The fourth-order valence-corrected chi connectivity index (χ4v) is 1.20. The SMILES string of the molecule is CCC(O)CNc1ccc([N+](=O)[O-])cc1N. The molecule has 0 fully saturated rings. The molecular weight excluding hydrogens is 210 g/mol. The quantitative estimate of drug-likeness (QED) is 0.399. The average molecular weight is 225 g/mol. The Labute approximate surface area is 93.2 Å². The Morgan fingerprint density at radius 3 is 2.81 bits per heavy atom. The van der Waals surface area contributed by atoms with Crippen molar-refractivity contribution in [1.82, 2.24) is 0 Å². The number of aliphatic hydroxyl groups is 1. The molecule has 16 heavy (non-hydrogen) atoms. The highest BCUT2D eigenvalue weighted by Gasteiger charge is 2.09. The first-order valence-electron chi connectivity index (χ1n) is 5.00. The Morgan fingerprint density at radius 2 is 2.31 bits per heavy atom. The van der Waals surface area contributed by atoms with E-state index in [-0.39, 0.29) is 5.69 Å². The number of non-ortho nitro benzene ring substituents is 1. The van der Waals surface area contributed by atoms with Crippen molar-refractivity contribution in [3.63, 3.8) is 0 Å². The molecule has 1 unspecified atom stereocenters. The predicted octanol–water partition coefficient (Wildman–Crippen LogP) is 1.36. The van der Waals surface area contributed by atoms with Gasteiger partial charge in [-0.3, -0.25) is 10.1 Å². The van der Waals surface area contributed by atoms with Crippen LogP contribution in [0.2, 0.25) is 0 Å².